The molecule has 1 unspecified atom stereocenters. The number of furan rings is 1. The largest absolute Gasteiger partial charge is 0.461 e. The fourth-order valence-electron chi connectivity index (χ4n) is 3.34. The Hall–Kier alpha value is -3.32. The van der Waals surface area contributed by atoms with E-state index >= 15 is 0 Å². The molecule has 32 heavy (non-hydrogen) atoms. The molecule has 0 aliphatic rings. The molecule has 164 valence electrons. The van der Waals surface area contributed by atoms with Gasteiger partial charge in [0.1, 0.15) is 5.25 Å². The lowest BCUT2D eigenvalue weighted by atomic mass is 10.1. The van der Waals surface area contributed by atoms with Gasteiger partial charge in [0.2, 0.25) is 5.91 Å². The van der Waals surface area contributed by atoms with E-state index in [0.29, 0.717) is 29.2 Å². The van der Waals surface area contributed by atoms with E-state index in [1.54, 1.807) is 6.26 Å². The van der Waals surface area contributed by atoms with Crippen LogP contribution in [0.2, 0.25) is 0 Å². The van der Waals surface area contributed by atoms with E-state index in [1.807, 2.05) is 78.2 Å². The van der Waals surface area contributed by atoms with Crippen LogP contribution in [0, 0.1) is 12.8 Å². The number of benzene rings is 2. The fraction of sp³-hybridized carbons (Fsp3) is 0.240. The maximum absolute atomic E-state index is 13.4. The Morgan fingerprint density at radius 3 is 2.44 bits per heavy atom. The molecule has 0 radical (unpaired) electrons. The van der Waals surface area contributed by atoms with E-state index < -0.39 is 5.25 Å². The molecular weight excluding hydrogens is 420 g/mol. The van der Waals surface area contributed by atoms with Gasteiger partial charge in [-0.1, -0.05) is 73.6 Å². The number of rotatable bonds is 8. The number of carbonyl (C=O) groups is 1. The average molecular weight is 447 g/mol. The summed E-state index contributed by atoms with van der Waals surface area (Å²) in [6.07, 6.45) is 1.62. The van der Waals surface area contributed by atoms with Crippen molar-refractivity contribution in [1.29, 1.82) is 0 Å². The zero-order chi connectivity index (χ0) is 22.5. The van der Waals surface area contributed by atoms with Crippen molar-refractivity contribution < 1.29 is 9.21 Å². The second-order valence-corrected chi connectivity index (χ2v) is 9.12. The first-order valence-electron chi connectivity index (χ1n) is 10.6. The Kier molecular flexibility index (Phi) is 6.75. The third-order valence-electron chi connectivity index (χ3n) is 4.89. The number of hydrogen-bond acceptors (Lipinski definition) is 5. The van der Waals surface area contributed by atoms with Gasteiger partial charge in [-0.25, -0.2) is 0 Å². The number of anilines is 1. The van der Waals surface area contributed by atoms with Crippen LogP contribution in [0.5, 0.6) is 0 Å². The van der Waals surface area contributed by atoms with Crippen molar-refractivity contribution in [2.45, 2.75) is 37.7 Å². The molecule has 2 aromatic heterocycles. The van der Waals surface area contributed by atoms with Crippen molar-refractivity contribution in [3.63, 3.8) is 0 Å². The molecule has 0 saturated carbocycles. The smallest absolute Gasteiger partial charge is 0.242 e. The summed E-state index contributed by atoms with van der Waals surface area (Å²) in [5.41, 5.74) is 2.81. The van der Waals surface area contributed by atoms with Crippen LogP contribution >= 0.6 is 11.8 Å². The van der Waals surface area contributed by atoms with Crippen LogP contribution in [0.4, 0.5) is 5.69 Å². The minimum atomic E-state index is -0.489. The summed E-state index contributed by atoms with van der Waals surface area (Å²) < 4.78 is 7.60. The van der Waals surface area contributed by atoms with Crippen molar-refractivity contribution >= 4 is 23.4 Å². The van der Waals surface area contributed by atoms with Gasteiger partial charge in [0, 0.05) is 12.2 Å². The molecule has 1 atom stereocenters. The molecule has 0 fully saturated rings. The standard InChI is InChI=1S/C25H26N4O2S/c1-17(2)16-29-23(21-10-7-15-31-21)27-28-25(29)32-22(19-8-5-4-6-9-19)24(30)26-20-13-11-18(3)12-14-20/h4-15,17,22H,16H2,1-3H3,(H,26,30). The SMILES string of the molecule is Cc1ccc(NC(=O)C(Sc2nnc(-c3ccco3)n2CC(C)C)c2ccccc2)cc1. The van der Waals surface area contributed by atoms with Gasteiger partial charge < -0.3 is 9.73 Å². The minimum Gasteiger partial charge on any atom is -0.461 e. The molecule has 0 aliphatic carbocycles. The van der Waals surface area contributed by atoms with Crippen LogP contribution in [0.25, 0.3) is 11.6 Å². The Morgan fingerprint density at radius 2 is 1.78 bits per heavy atom. The summed E-state index contributed by atoms with van der Waals surface area (Å²) in [5, 5.41) is 12.0. The summed E-state index contributed by atoms with van der Waals surface area (Å²) in [6.45, 7) is 7.01. The van der Waals surface area contributed by atoms with E-state index in [1.165, 1.54) is 11.8 Å². The predicted octanol–water partition coefficient (Wildman–Crippen LogP) is 5.97. The Balaban J connectivity index is 1.67. The molecule has 4 rings (SSSR count). The van der Waals surface area contributed by atoms with Crippen molar-refractivity contribution in [1.82, 2.24) is 14.8 Å². The van der Waals surface area contributed by atoms with Crippen molar-refractivity contribution in [3.8, 4) is 11.6 Å². The Morgan fingerprint density at radius 1 is 1.03 bits per heavy atom. The number of thioether (sulfide) groups is 1. The highest BCUT2D eigenvalue weighted by Gasteiger charge is 2.27. The highest BCUT2D eigenvalue weighted by molar-refractivity contribution is 8.00. The summed E-state index contributed by atoms with van der Waals surface area (Å²) >= 11 is 1.39. The quantitative estimate of drug-likeness (QED) is 0.337. The van der Waals surface area contributed by atoms with E-state index in [2.05, 4.69) is 29.4 Å². The monoisotopic (exact) mass is 446 g/mol. The topological polar surface area (TPSA) is 73.0 Å². The number of aryl methyl sites for hydroxylation is 1. The second-order valence-electron chi connectivity index (χ2n) is 8.05. The maximum atomic E-state index is 13.4. The maximum Gasteiger partial charge on any atom is 0.242 e. The molecule has 7 heteroatoms. The van der Waals surface area contributed by atoms with Gasteiger partial charge in [-0.2, -0.15) is 0 Å². The van der Waals surface area contributed by atoms with E-state index in [-0.39, 0.29) is 5.91 Å². The summed E-state index contributed by atoms with van der Waals surface area (Å²) in [5.74, 6) is 1.58. The van der Waals surface area contributed by atoms with Gasteiger partial charge in [-0.05, 0) is 42.7 Å². The third kappa shape index (κ3) is 5.11. The van der Waals surface area contributed by atoms with E-state index in [4.69, 9.17) is 4.42 Å². The van der Waals surface area contributed by atoms with Crippen molar-refractivity contribution in [3.05, 3.63) is 84.1 Å². The van der Waals surface area contributed by atoms with Crippen LogP contribution in [0.1, 0.15) is 30.2 Å². The van der Waals surface area contributed by atoms with Gasteiger partial charge in [0.15, 0.2) is 16.7 Å². The number of carbonyl (C=O) groups excluding carboxylic acids is 1. The lowest BCUT2D eigenvalue weighted by molar-refractivity contribution is -0.115. The molecule has 1 amide bonds. The highest BCUT2D eigenvalue weighted by Crippen LogP contribution is 2.37. The molecule has 2 aromatic carbocycles. The fourth-order valence-corrected chi connectivity index (χ4v) is 4.39. The van der Waals surface area contributed by atoms with Gasteiger partial charge >= 0.3 is 0 Å². The normalized spacial score (nSPS) is 12.1. The van der Waals surface area contributed by atoms with Crippen LogP contribution in [0.15, 0.2) is 82.6 Å². The molecule has 0 aliphatic heterocycles. The molecular formula is C25H26N4O2S. The van der Waals surface area contributed by atoms with Gasteiger partial charge in [-0.3, -0.25) is 9.36 Å². The number of nitrogens with one attached hydrogen (secondary N) is 1. The summed E-state index contributed by atoms with van der Waals surface area (Å²) in [7, 11) is 0. The average Bonchev–Trinajstić information content (AvgIpc) is 3.44. The predicted molar refractivity (Wildman–Crippen MR) is 127 cm³/mol. The van der Waals surface area contributed by atoms with Gasteiger partial charge in [0.05, 0.1) is 6.26 Å². The number of amides is 1. The first kappa shape index (κ1) is 21.9. The zero-order valence-corrected chi connectivity index (χ0v) is 19.2. The molecule has 6 nitrogen and oxygen atoms in total. The first-order chi connectivity index (χ1) is 15.5. The van der Waals surface area contributed by atoms with E-state index in [0.717, 1.165) is 16.8 Å². The van der Waals surface area contributed by atoms with Gasteiger partial charge in [-0.15, -0.1) is 10.2 Å². The number of nitrogens with zero attached hydrogens (tertiary/aromatic N) is 3. The Labute approximate surface area is 192 Å². The molecule has 0 spiro atoms. The molecule has 0 bridgehead atoms. The van der Waals surface area contributed by atoms with Crippen molar-refractivity contribution in [2.75, 3.05) is 5.32 Å². The summed E-state index contributed by atoms with van der Waals surface area (Å²) in [4.78, 5) is 13.4. The number of aromatic nitrogens is 3. The molecule has 2 heterocycles. The molecule has 1 N–H and O–H groups in total. The van der Waals surface area contributed by atoms with Crippen LogP contribution in [0.3, 0.4) is 0 Å². The van der Waals surface area contributed by atoms with E-state index in [9.17, 15) is 4.79 Å². The van der Waals surface area contributed by atoms with Crippen LogP contribution in [-0.2, 0) is 11.3 Å². The third-order valence-corrected chi connectivity index (χ3v) is 6.12. The lowest BCUT2D eigenvalue weighted by Gasteiger charge is -2.18. The van der Waals surface area contributed by atoms with Gasteiger partial charge in [0.25, 0.3) is 0 Å². The lowest BCUT2D eigenvalue weighted by Crippen LogP contribution is -2.20. The van der Waals surface area contributed by atoms with Crippen molar-refractivity contribution in [2.24, 2.45) is 5.92 Å². The second kappa shape index (κ2) is 9.87. The van der Waals surface area contributed by atoms with Crippen LogP contribution in [-0.4, -0.2) is 20.7 Å². The molecule has 4 aromatic rings. The zero-order valence-electron chi connectivity index (χ0n) is 18.4. The number of hydrogen-bond donors (Lipinski definition) is 1. The highest BCUT2D eigenvalue weighted by atomic mass is 32.2. The minimum absolute atomic E-state index is 0.108. The first-order valence-corrected chi connectivity index (χ1v) is 11.5. The Bertz CT molecular complexity index is 1150. The van der Waals surface area contributed by atoms with Crippen LogP contribution < -0.4 is 5.32 Å². The summed E-state index contributed by atoms with van der Waals surface area (Å²) in [6, 6.07) is 21.2. The molecule has 0 saturated heterocycles.